The van der Waals surface area contributed by atoms with Crippen LogP contribution in [0.3, 0.4) is 0 Å². The number of aromatic nitrogens is 2. The lowest BCUT2D eigenvalue weighted by Crippen LogP contribution is -2.33. The third-order valence-corrected chi connectivity index (χ3v) is 2.09. The van der Waals surface area contributed by atoms with Crippen LogP contribution in [-0.2, 0) is 4.74 Å². The molecule has 1 heterocycles. The molecule has 1 aromatic rings. The van der Waals surface area contributed by atoms with E-state index in [4.69, 9.17) is 4.74 Å². The summed E-state index contributed by atoms with van der Waals surface area (Å²) in [6, 6.07) is 0. The van der Waals surface area contributed by atoms with Gasteiger partial charge in [0.15, 0.2) is 0 Å². The SMILES string of the molecule is Cc1cnc(NCCCNC(=O)OC(C)(C)C)nc1. The number of carbonyl (C=O) groups is 1. The van der Waals surface area contributed by atoms with E-state index >= 15 is 0 Å². The third-order valence-electron chi connectivity index (χ3n) is 2.09. The van der Waals surface area contributed by atoms with Crippen molar-refractivity contribution in [2.45, 2.75) is 39.7 Å². The molecule has 0 aliphatic rings. The number of rotatable bonds is 5. The molecule has 0 aromatic carbocycles. The average molecular weight is 266 g/mol. The van der Waals surface area contributed by atoms with E-state index in [1.54, 1.807) is 12.4 Å². The number of ether oxygens (including phenoxy) is 1. The van der Waals surface area contributed by atoms with Crippen LogP contribution in [0.15, 0.2) is 12.4 Å². The van der Waals surface area contributed by atoms with Crippen molar-refractivity contribution in [1.82, 2.24) is 15.3 Å². The molecule has 0 atom stereocenters. The molecule has 0 saturated carbocycles. The van der Waals surface area contributed by atoms with E-state index in [2.05, 4.69) is 20.6 Å². The van der Waals surface area contributed by atoms with Crippen LogP contribution >= 0.6 is 0 Å². The van der Waals surface area contributed by atoms with Gasteiger partial charge in [0.2, 0.25) is 5.95 Å². The van der Waals surface area contributed by atoms with Crippen molar-refractivity contribution in [2.75, 3.05) is 18.4 Å². The number of hydrogen-bond donors (Lipinski definition) is 2. The van der Waals surface area contributed by atoms with Gasteiger partial charge in [-0.15, -0.1) is 0 Å². The second-order valence-corrected chi connectivity index (χ2v) is 5.29. The van der Waals surface area contributed by atoms with Crippen molar-refractivity contribution in [3.05, 3.63) is 18.0 Å². The van der Waals surface area contributed by atoms with Gasteiger partial charge in [-0.2, -0.15) is 0 Å². The third kappa shape index (κ3) is 7.23. The lowest BCUT2D eigenvalue weighted by atomic mass is 10.2. The van der Waals surface area contributed by atoms with E-state index in [1.165, 1.54) is 0 Å². The molecule has 0 aliphatic carbocycles. The summed E-state index contributed by atoms with van der Waals surface area (Å²) in [5.41, 5.74) is 0.565. The second kappa shape index (κ2) is 6.92. The molecule has 0 aliphatic heterocycles. The van der Waals surface area contributed by atoms with Crippen molar-refractivity contribution in [3.63, 3.8) is 0 Å². The highest BCUT2D eigenvalue weighted by molar-refractivity contribution is 5.67. The molecule has 0 radical (unpaired) electrons. The number of alkyl carbamates (subject to hydrolysis) is 1. The Balaban J connectivity index is 2.11. The lowest BCUT2D eigenvalue weighted by molar-refractivity contribution is 0.0528. The molecule has 1 aromatic heterocycles. The molecule has 6 heteroatoms. The summed E-state index contributed by atoms with van der Waals surface area (Å²) in [6.07, 6.45) is 3.90. The number of anilines is 1. The Kier molecular flexibility index (Phi) is 5.54. The molecule has 0 bridgehead atoms. The quantitative estimate of drug-likeness (QED) is 0.798. The van der Waals surface area contributed by atoms with Gasteiger partial charge < -0.3 is 15.4 Å². The summed E-state index contributed by atoms with van der Waals surface area (Å²) in [5.74, 6) is 0.600. The van der Waals surface area contributed by atoms with Gasteiger partial charge in [0, 0.05) is 25.5 Å². The fraction of sp³-hybridized carbons (Fsp3) is 0.615. The zero-order chi connectivity index (χ0) is 14.3. The van der Waals surface area contributed by atoms with E-state index in [1.807, 2.05) is 27.7 Å². The van der Waals surface area contributed by atoms with Crippen LogP contribution < -0.4 is 10.6 Å². The number of hydrogen-bond acceptors (Lipinski definition) is 5. The first kappa shape index (κ1) is 15.2. The monoisotopic (exact) mass is 266 g/mol. The summed E-state index contributed by atoms with van der Waals surface area (Å²) in [7, 11) is 0. The fourth-order valence-electron chi connectivity index (χ4n) is 1.28. The van der Waals surface area contributed by atoms with E-state index in [-0.39, 0.29) is 6.09 Å². The maximum absolute atomic E-state index is 11.4. The summed E-state index contributed by atoms with van der Waals surface area (Å²) in [6.45, 7) is 8.69. The molecule has 0 unspecified atom stereocenters. The standard InChI is InChI=1S/C13H22N4O2/c1-10-8-16-11(17-9-10)14-6-5-7-15-12(18)19-13(2,3)4/h8-9H,5-7H2,1-4H3,(H,15,18)(H,14,16,17). The first-order valence-corrected chi connectivity index (χ1v) is 6.36. The first-order valence-electron chi connectivity index (χ1n) is 6.36. The van der Waals surface area contributed by atoms with E-state index < -0.39 is 5.60 Å². The fourth-order valence-corrected chi connectivity index (χ4v) is 1.28. The number of nitrogens with zero attached hydrogens (tertiary/aromatic N) is 2. The summed E-state index contributed by atoms with van der Waals surface area (Å²) >= 11 is 0. The van der Waals surface area contributed by atoms with Gasteiger partial charge in [-0.25, -0.2) is 14.8 Å². The largest absolute Gasteiger partial charge is 0.444 e. The highest BCUT2D eigenvalue weighted by atomic mass is 16.6. The van der Waals surface area contributed by atoms with Crippen molar-refractivity contribution < 1.29 is 9.53 Å². The molecular formula is C13H22N4O2. The minimum Gasteiger partial charge on any atom is -0.444 e. The highest BCUT2D eigenvalue weighted by Gasteiger charge is 2.15. The predicted molar refractivity (Wildman–Crippen MR) is 74.1 cm³/mol. The van der Waals surface area contributed by atoms with Gasteiger partial charge in [0.1, 0.15) is 5.60 Å². The highest BCUT2D eigenvalue weighted by Crippen LogP contribution is 2.06. The summed E-state index contributed by atoms with van der Waals surface area (Å²) < 4.78 is 5.12. The Bertz CT molecular complexity index is 398. The Hall–Kier alpha value is -1.85. The predicted octanol–water partition coefficient (Wildman–Crippen LogP) is 2.11. The van der Waals surface area contributed by atoms with E-state index in [0.717, 1.165) is 12.0 Å². The van der Waals surface area contributed by atoms with Gasteiger partial charge in [-0.1, -0.05) is 0 Å². The number of aryl methyl sites for hydroxylation is 1. The van der Waals surface area contributed by atoms with Crippen LogP contribution in [0, 0.1) is 6.92 Å². The van der Waals surface area contributed by atoms with Crippen molar-refractivity contribution >= 4 is 12.0 Å². The molecule has 19 heavy (non-hydrogen) atoms. The van der Waals surface area contributed by atoms with E-state index in [0.29, 0.717) is 19.0 Å². The molecule has 0 spiro atoms. The second-order valence-electron chi connectivity index (χ2n) is 5.29. The topological polar surface area (TPSA) is 76.1 Å². The van der Waals surface area contributed by atoms with Crippen molar-refractivity contribution in [3.8, 4) is 0 Å². The Morgan fingerprint density at radius 1 is 1.26 bits per heavy atom. The number of nitrogens with one attached hydrogen (secondary N) is 2. The average Bonchev–Trinajstić information content (AvgIpc) is 2.29. The van der Waals surface area contributed by atoms with Gasteiger partial charge in [0.25, 0.3) is 0 Å². The van der Waals surface area contributed by atoms with Crippen LogP contribution in [-0.4, -0.2) is 34.8 Å². The van der Waals surface area contributed by atoms with Gasteiger partial charge in [0.05, 0.1) is 0 Å². The zero-order valence-corrected chi connectivity index (χ0v) is 12.0. The maximum atomic E-state index is 11.4. The molecule has 1 amide bonds. The van der Waals surface area contributed by atoms with Crippen molar-refractivity contribution in [1.29, 1.82) is 0 Å². The lowest BCUT2D eigenvalue weighted by Gasteiger charge is -2.19. The Morgan fingerprint density at radius 2 is 1.89 bits per heavy atom. The Labute approximate surface area is 114 Å². The van der Waals surface area contributed by atoms with E-state index in [9.17, 15) is 4.79 Å². The molecular weight excluding hydrogens is 244 g/mol. The maximum Gasteiger partial charge on any atom is 0.407 e. The minimum absolute atomic E-state index is 0.390. The normalized spacial score (nSPS) is 10.9. The molecule has 6 nitrogen and oxygen atoms in total. The molecule has 1 rings (SSSR count). The van der Waals surface area contributed by atoms with Gasteiger partial charge >= 0.3 is 6.09 Å². The smallest absolute Gasteiger partial charge is 0.407 e. The Morgan fingerprint density at radius 3 is 2.47 bits per heavy atom. The van der Waals surface area contributed by atoms with Gasteiger partial charge in [-0.05, 0) is 39.7 Å². The summed E-state index contributed by atoms with van der Waals surface area (Å²) in [5, 5.41) is 5.77. The zero-order valence-electron chi connectivity index (χ0n) is 12.0. The van der Waals surface area contributed by atoms with Crippen LogP contribution in [0.1, 0.15) is 32.8 Å². The van der Waals surface area contributed by atoms with Crippen LogP contribution in [0.25, 0.3) is 0 Å². The number of carbonyl (C=O) groups excluding carboxylic acids is 1. The first-order chi connectivity index (χ1) is 8.87. The molecule has 0 fully saturated rings. The minimum atomic E-state index is -0.460. The molecule has 0 saturated heterocycles. The van der Waals surface area contributed by atoms with Crippen molar-refractivity contribution in [2.24, 2.45) is 0 Å². The number of amides is 1. The molecule has 2 N–H and O–H groups in total. The summed E-state index contributed by atoms with van der Waals surface area (Å²) in [4.78, 5) is 19.6. The molecule has 106 valence electrons. The van der Waals surface area contributed by atoms with Gasteiger partial charge in [-0.3, -0.25) is 0 Å². The van der Waals surface area contributed by atoms with Crippen LogP contribution in [0.5, 0.6) is 0 Å². The van der Waals surface area contributed by atoms with Crippen LogP contribution in [0.2, 0.25) is 0 Å². The van der Waals surface area contributed by atoms with Crippen LogP contribution in [0.4, 0.5) is 10.7 Å².